The zero-order valence-electron chi connectivity index (χ0n) is 11.9. The third-order valence-corrected chi connectivity index (χ3v) is 5.33. The smallest absolute Gasteiger partial charge is 0.168 e. The van der Waals surface area contributed by atoms with E-state index >= 15 is 0 Å². The Bertz CT molecular complexity index is 560. The number of ether oxygens (including phenoxy) is 2. The third kappa shape index (κ3) is 1.69. The first kappa shape index (κ1) is 12.5. The van der Waals surface area contributed by atoms with Crippen LogP contribution in [0.5, 0.6) is 0 Å². The van der Waals surface area contributed by atoms with E-state index in [1.54, 1.807) is 0 Å². The molecule has 3 nitrogen and oxygen atoms in total. The van der Waals surface area contributed by atoms with Gasteiger partial charge >= 0.3 is 0 Å². The largest absolute Gasteiger partial charge is 0.348 e. The van der Waals surface area contributed by atoms with Gasteiger partial charge in [0.1, 0.15) is 0 Å². The molecule has 0 amide bonds. The maximum atomic E-state index is 12.3. The Morgan fingerprint density at radius 3 is 2.45 bits per heavy atom. The average molecular weight is 272 g/mol. The standard InChI is InChI=1S/C17H20O3/c1-12-2-3-14-13(10-12)15(18)11-16(14)4-6-17(7-5-16)19-8-9-20-17/h2-3,10H,4-9,11H2,1H3. The maximum absolute atomic E-state index is 12.3. The average Bonchev–Trinajstić information content (AvgIpc) is 2.99. The van der Waals surface area contributed by atoms with E-state index in [-0.39, 0.29) is 11.2 Å². The minimum Gasteiger partial charge on any atom is -0.348 e. The van der Waals surface area contributed by atoms with Crippen LogP contribution in [0.2, 0.25) is 0 Å². The van der Waals surface area contributed by atoms with Crippen LogP contribution in [0.4, 0.5) is 0 Å². The summed E-state index contributed by atoms with van der Waals surface area (Å²) in [6.45, 7) is 3.47. The van der Waals surface area contributed by atoms with Crippen molar-refractivity contribution in [1.29, 1.82) is 0 Å². The summed E-state index contributed by atoms with van der Waals surface area (Å²) < 4.78 is 11.6. The van der Waals surface area contributed by atoms with E-state index in [9.17, 15) is 4.79 Å². The molecule has 4 rings (SSSR count). The van der Waals surface area contributed by atoms with Gasteiger partial charge in [-0.15, -0.1) is 0 Å². The molecule has 1 aromatic rings. The zero-order valence-corrected chi connectivity index (χ0v) is 11.9. The van der Waals surface area contributed by atoms with E-state index in [4.69, 9.17) is 9.47 Å². The van der Waals surface area contributed by atoms with Gasteiger partial charge in [-0.2, -0.15) is 0 Å². The fourth-order valence-electron chi connectivity index (χ4n) is 4.19. The van der Waals surface area contributed by atoms with Crippen molar-refractivity contribution in [3.8, 4) is 0 Å². The van der Waals surface area contributed by atoms with Gasteiger partial charge in [0.05, 0.1) is 13.2 Å². The third-order valence-electron chi connectivity index (χ3n) is 5.33. The fraction of sp³-hybridized carbons (Fsp3) is 0.588. The van der Waals surface area contributed by atoms with Crippen molar-refractivity contribution >= 4 is 5.78 Å². The van der Waals surface area contributed by atoms with Crippen LogP contribution in [-0.2, 0) is 14.9 Å². The van der Waals surface area contributed by atoms with E-state index in [1.165, 1.54) is 11.1 Å². The topological polar surface area (TPSA) is 35.5 Å². The lowest BCUT2D eigenvalue weighted by atomic mass is 9.68. The first-order valence-corrected chi connectivity index (χ1v) is 7.55. The predicted molar refractivity (Wildman–Crippen MR) is 74.9 cm³/mol. The second kappa shape index (κ2) is 4.15. The Kier molecular flexibility index (Phi) is 2.60. The Balaban J connectivity index is 1.66. The molecular formula is C17H20O3. The molecule has 0 radical (unpaired) electrons. The molecule has 0 atom stereocenters. The van der Waals surface area contributed by atoms with Crippen molar-refractivity contribution in [3.63, 3.8) is 0 Å². The summed E-state index contributed by atoms with van der Waals surface area (Å²) in [6.07, 6.45) is 4.48. The van der Waals surface area contributed by atoms with Gasteiger partial charge in [0.2, 0.25) is 0 Å². The molecular weight excluding hydrogens is 252 g/mol. The molecule has 1 aromatic carbocycles. The summed E-state index contributed by atoms with van der Waals surface area (Å²) in [6, 6.07) is 6.36. The molecule has 0 unspecified atom stereocenters. The molecule has 3 heteroatoms. The first-order chi connectivity index (χ1) is 9.63. The number of rotatable bonds is 0. The maximum Gasteiger partial charge on any atom is 0.168 e. The van der Waals surface area contributed by atoms with Gasteiger partial charge in [-0.1, -0.05) is 17.7 Å². The quantitative estimate of drug-likeness (QED) is 0.728. The van der Waals surface area contributed by atoms with Crippen LogP contribution >= 0.6 is 0 Å². The van der Waals surface area contributed by atoms with Crippen molar-refractivity contribution in [2.24, 2.45) is 0 Å². The van der Waals surface area contributed by atoms with Crippen molar-refractivity contribution in [3.05, 3.63) is 34.9 Å². The number of benzene rings is 1. The minimum atomic E-state index is -0.345. The Labute approximate surface area is 119 Å². The molecule has 1 aliphatic heterocycles. The predicted octanol–water partition coefficient (Wildman–Crippen LogP) is 3.14. The summed E-state index contributed by atoms with van der Waals surface area (Å²) in [5.74, 6) is -0.0326. The van der Waals surface area contributed by atoms with Gasteiger partial charge in [0.15, 0.2) is 11.6 Å². The molecule has 1 heterocycles. The summed E-state index contributed by atoms with van der Waals surface area (Å²) in [7, 11) is 0. The monoisotopic (exact) mass is 272 g/mol. The SMILES string of the molecule is Cc1ccc2c(c1)C(=O)CC21CCC2(CC1)OCCO2. The Hall–Kier alpha value is -1.19. The highest BCUT2D eigenvalue weighted by atomic mass is 16.7. The lowest BCUT2D eigenvalue weighted by Gasteiger charge is -2.41. The van der Waals surface area contributed by atoms with E-state index < -0.39 is 0 Å². The number of aryl methyl sites for hydroxylation is 1. The van der Waals surface area contributed by atoms with Gasteiger partial charge in [0, 0.05) is 30.2 Å². The minimum absolute atomic E-state index is 0.0423. The van der Waals surface area contributed by atoms with E-state index in [0.29, 0.717) is 25.4 Å². The van der Waals surface area contributed by atoms with Crippen molar-refractivity contribution in [2.75, 3.05) is 13.2 Å². The Morgan fingerprint density at radius 2 is 1.75 bits per heavy atom. The molecule has 1 saturated heterocycles. The molecule has 0 aromatic heterocycles. The van der Waals surface area contributed by atoms with Gasteiger partial charge < -0.3 is 9.47 Å². The van der Waals surface area contributed by atoms with Gasteiger partial charge in [0.25, 0.3) is 0 Å². The summed E-state index contributed by atoms with van der Waals surface area (Å²) in [4.78, 5) is 12.3. The lowest BCUT2D eigenvalue weighted by Crippen LogP contribution is -2.41. The van der Waals surface area contributed by atoms with Crippen molar-refractivity contribution in [2.45, 2.75) is 50.2 Å². The highest BCUT2D eigenvalue weighted by Crippen LogP contribution is 2.52. The first-order valence-electron chi connectivity index (χ1n) is 7.55. The van der Waals surface area contributed by atoms with Crippen molar-refractivity contribution < 1.29 is 14.3 Å². The van der Waals surface area contributed by atoms with Gasteiger partial charge in [-0.3, -0.25) is 4.79 Å². The van der Waals surface area contributed by atoms with E-state index in [2.05, 4.69) is 25.1 Å². The van der Waals surface area contributed by atoms with Crippen LogP contribution in [0, 0.1) is 6.92 Å². The number of carbonyl (C=O) groups excluding carboxylic acids is 1. The second-order valence-electron chi connectivity index (χ2n) is 6.54. The number of hydrogen-bond donors (Lipinski definition) is 0. The lowest BCUT2D eigenvalue weighted by molar-refractivity contribution is -0.184. The van der Waals surface area contributed by atoms with Crippen LogP contribution in [0.25, 0.3) is 0 Å². The van der Waals surface area contributed by atoms with Gasteiger partial charge in [-0.25, -0.2) is 0 Å². The number of fused-ring (bicyclic) bond motifs is 2. The summed E-state index contributed by atoms with van der Waals surface area (Å²) in [5, 5.41) is 0. The normalized spacial score (nSPS) is 26.4. The molecule has 106 valence electrons. The van der Waals surface area contributed by atoms with E-state index in [0.717, 1.165) is 31.2 Å². The zero-order chi connectivity index (χ0) is 13.8. The summed E-state index contributed by atoms with van der Waals surface area (Å²) >= 11 is 0. The van der Waals surface area contributed by atoms with Crippen LogP contribution in [0.1, 0.15) is 53.6 Å². The molecule has 2 fully saturated rings. The second-order valence-corrected chi connectivity index (χ2v) is 6.54. The van der Waals surface area contributed by atoms with Crippen LogP contribution in [0.15, 0.2) is 18.2 Å². The van der Waals surface area contributed by atoms with Crippen LogP contribution in [-0.4, -0.2) is 24.8 Å². The molecule has 1 saturated carbocycles. The van der Waals surface area contributed by atoms with Gasteiger partial charge in [-0.05, 0) is 31.4 Å². The number of ketones is 1. The summed E-state index contributed by atoms with van der Waals surface area (Å²) in [5.41, 5.74) is 3.43. The molecule has 20 heavy (non-hydrogen) atoms. The number of hydrogen-bond acceptors (Lipinski definition) is 3. The molecule has 2 aliphatic carbocycles. The van der Waals surface area contributed by atoms with Crippen LogP contribution < -0.4 is 0 Å². The molecule has 2 spiro atoms. The molecule has 0 bridgehead atoms. The number of Topliss-reactive ketones (excluding diaryl/α,β-unsaturated/α-hetero) is 1. The molecule has 3 aliphatic rings. The fourth-order valence-corrected chi connectivity index (χ4v) is 4.19. The Morgan fingerprint density at radius 1 is 1.05 bits per heavy atom. The molecule has 0 N–H and O–H groups in total. The number of carbonyl (C=O) groups is 1. The van der Waals surface area contributed by atoms with Crippen molar-refractivity contribution in [1.82, 2.24) is 0 Å². The van der Waals surface area contributed by atoms with E-state index in [1.807, 2.05) is 0 Å². The highest BCUT2D eigenvalue weighted by molar-refractivity contribution is 6.02. The highest BCUT2D eigenvalue weighted by Gasteiger charge is 2.51. The van der Waals surface area contributed by atoms with Crippen LogP contribution in [0.3, 0.4) is 0 Å².